The molecule has 1 aliphatic heterocycles. The minimum Gasteiger partial charge on any atom is -0.454 e. The lowest BCUT2D eigenvalue weighted by atomic mass is 10.1. The summed E-state index contributed by atoms with van der Waals surface area (Å²) in [6.45, 7) is 2.64. The molecule has 1 aromatic carbocycles. The van der Waals surface area contributed by atoms with E-state index in [0.29, 0.717) is 18.7 Å². The summed E-state index contributed by atoms with van der Waals surface area (Å²) in [4.78, 5) is 11.7. The molecule has 1 aromatic rings. The lowest BCUT2D eigenvalue weighted by Gasteiger charge is -2.12. The summed E-state index contributed by atoms with van der Waals surface area (Å²) < 4.78 is 10.6. The van der Waals surface area contributed by atoms with Crippen LogP contribution in [-0.2, 0) is 11.3 Å². The van der Waals surface area contributed by atoms with Gasteiger partial charge in [0.05, 0.1) is 6.04 Å². The number of carbonyl (C=O) groups excluding carboxylic acids is 1. The normalized spacial score (nSPS) is 14.3. The Balaban J connectivity index is 1.95. The van der Waals surface area contributed by atoms with E-state index in [-0.39, 0.29) is 12.7 Å². The zero-order valence-corrected chi connectivity index (χ0v) is 10.4. The third-order valence-electron chi connectivity index (χ3n) is 2.87. The molecular weight excluding hydrogens is 232 g/mol. The predicted octanol–water partition coefficient (Wildman–Crippen LogP) is 1.16. The molecule has 0 saturated carbocycles. The fourth-order valence-electron chi connectivity index (χ4n) is 1.89. The van der Waals surface area contributed by atoms with Gasteiger partial charge >= 0.3 is 0 Å². The smallest absolute Gasteiger partial charge is 0.237 e. The number of fused-ring (bicyclic) bond motifs is 1. The van der Waals surface area contributed by atoms with Gasteiger partial charge in [0.1, 0.15) is 0 Å². The average molecular weight is 250 g/mol. The van der Waals surface area contributed by atoms with Crippen LogP contribution in [0.25, 0.3) is 0 Å². The molecule has 1 aliphatic rings. The van der Waals surface area contributed by atoms with Gasteiger partial charge in [-0.05, 0) is 12.5 Å². The molecule has 5 nitrogen and oxygen atoms in total. The van der Waals surface area contributed by atoms with E-state index >= 15 is 0 Å². The largest absolute Gasteiger partial charge is 0.454 e. The SMILES string of the molecule is CCC[C@@H](N)C(=O)NCc1cccc2c1OCO2. The quantitative estimate of drug-likeness (QED) is 0.822. The van der Waals surface area contributed by atoms with Gasteiger partial charge in [0, 0.05) is 12.1 Å². The van der Waals surface area contributed by atoms with Crippen LogP contribution in [0, 0.1) is 0 Å². The maximum absolute atomic E-state index is 11.7. The molecule has 0 radical (unpaired) electrons. The van der Waals surface area contributed by atoms with E-state index in [1.54, 1.807) is 0 Å². The summed E-state index contributed by atoms with van der Waals surface area (Å²) in [6, 6.07) is 5.18. The van der Waals surface area contributed by atoms with Crippen molar-refractivity contribution in [2.24, 2.45) is 5.73 Å². The lowest BCUT2D eigenvalue weighted by Crippen LogP contribution is -2.40. The molecule has 1 heterocycles. The van der Waals surface area contributed by atoms with E-state index in [1.165, 1.54) is 0 Å². The molecule has 1 amide bonds. The molecule has 0 unspecified atom stereocenters. The van der Waals surface area contributed by atoms with Crippen LogP contribution < -0.4 is 20.5 Å². The first-order valence-electron chi connectivity index (χ1n) is 6.13. The second-order valence-electron chi connectivity index (χ2n) is 4.26. The van der Waals surface area contributed by atoms with E-state index in [4.69, 9.17) is 15.2 Å². The van der Waals surface area contributed by atoms with Crippen molar-refractivity contribution in [3.63, 3.8) is 0 Å². The molecule has 0 aliphatic carbocycles. The maximum Gasteiger partial charge on any atom is 0.237 e. The van der Waals surface area contributed by atoms with E-state index < -0.39 is 6.04 Å². The highest BCUT2D eigenvalue weighted by Gasteiger charge is 2.18. The van der Waals surface area contributed by atoms with Crippen LogP contribution in [0.1, 0.15) is 25.3 Å². The van der Waals surface area contributed by atoms with Crippen LogP contribution in [0.15, 0.2) is 18.2 Å². The van der Waals surface area contributed by atoms with Crippen LogP contribution >= 0.6 is 0 Å². The van der Waals surface area contributed by atoms with Gasteiger partial charge < -0.3 is 20.5 Å². The minimum absolute atomic E-state index is 0.131. The van der Waals surface area contributed by atoms with E-state index in [9.17, 15) is 4.79 Å². The molecule has 0 spiro atoms. The monoisotopic (exact) mass is 250 g/mol. The molecule has 0 saturated heterocycles. The number of ether oxygens (including phenoxy) is 2. The Bertz CT molecular complexity index is 434. The van der Waals surface area contributed by atoms with Crippen LogP contribution in [0.3, 0.4) is 0 Å². The molecule has 98 valence electrons. The zero-order chi connectivity index (χ0) is 13.0. The number of nitrogens with two attached hydrogens (primary N) is 1. The Labute approximate surface area is 106 Å². The summed E-state index contributed by atoms with van der Waals surface area (Å²) in [5.41, 5.74) is 6.64. The number of hydrogen-bond acceptors (Lipinski definition) is 4. The Morgan fingerprint density at radius 3 is 3.11 bits per heavy atom. The summed E-state index contributed by atoms with van der Waals surface area (Å²) in [5, 5.41) is 2.81. The fourth-order valence-corrected chi connectivity index (χ4v) is 1.89. The van der Waals surface area contributed by atoms with Crippen LogP contribution in [0.4, 0.5) is 0 Å². The second kappa shape index (κ2) is 5.73. The minimum atomic E-state index is -0.441. The van der Waals surface area contributed by atoms with E-state index in [2.05, 4.69) is 5.32 Å². The second-order valence-corrected chi connectivity index (χ2v) is 4.26. The zero-order valence-electron chi connectivity index (χ0n) is 10.4. The first kappa shape index (κ1) is 12.7. The van der Waals surface area contributed by atoms with Gasteiger partial charge in [-0.1, -0.05) is 25.5 Å². The Morgan fingerprint density at radius 1 is 1.50 bits per heavy atom. The van der Waals surface area contributed by atoms with E-state index in [1.807, 2.05) is 25.1 Å². The van der Waals surface area contributed by atoms with Crippen molar-refractivity contribution in [2.75, 3.05) is 6.79 Å². The number of carbonyl (C=O) groups is 1. The number of nitrogens with one attached hydrogen (secondary N) is 1. The molecule has 0 bridgehead atoms. The molecule has 1 atom stereocenters. The van der Waals surface area contributed by atoms with Gasteiger partial charge in [-0.15, -0.1) is 0 Å². The summed E-state index contributed by atoms with van der Waals surface area (Å²) in [5.74, 6) is 1.30. The van der Waals surface area contributed by atoms with Crippen molar-refractivity contribution >= 4 is 5.91 Å². The molecule has 3 N–H and O–H groups in total. The number of amides is 1. The summed E-state index contributed by atoms with van der Waals surface area (Å²) >= 11 is 0. The van der Waals surface area contributed by atoms with Crippen molar-refractivity contribution in [1.82, 2.24) is 5.32 Å². The van der Waals surface area contributed by atoms with Gasteiger partial charge in [0.15, 0.2) is 11.5 Å². The highest BCUT2D eigenvalue weighted by Crippen LogP contribution is 2.35. The highest BCUT2D eigenvalue weighted by atomic mass is 16.7. The fraction of sp³-hybridized carbons (Fsp3) is 0.462. The highest BCUT2D eigenvalue weighted by molar-refractivity contribution is 5.81. The number of hydrogen-bond donors (Lipinski definition) is 2. The molecule has 0 aromatic heterocycles. The predicted molar refractivity (Wildman–Crippen MR) is 67.3 cm³/mol. The number of rotatable bonds is 5. The first-order chi connectivity index (χ1) is 8.72. The van der Waals surface area contributed by atoms with Gasteiger partial charge in [-0.2, -0.15) is 0 Å². The van der Waals surface area contributed by atoms with Crippen LogP contribution in [-0.4, -0.2) is 18.7 Å². The Hall–Kier alpha value is -1.75. The van der Waals surface area contributed by atoms with Crippen molar-refractivity contribution in [3.05, 3.63) is 23.8 Å². The maximum atomic E-state index is 11.7. The molecule has 5 heteroatoms. The first-order valence-corrected chi connectivity index (χ1v) is 6.13. The lowest BCUT2D eigenvalue weighted by molar-refractivity contribution is -0.122. The molecule has 2 rings (SSSR count). The van der Waals surface area contributed by atoms with Crippen molar-refractivity contribution < 1.29 is 14.3 Å². The van der Waals surface area contributed by atoms with Gasteiger partial charge in [0.2, 0.25) is 12.7 Å². The van der Waals surface area contributed by atoms with Crippen molar-refractivity contribution in [3.8, 4) is 11.5 Å². The average Bonchev–Trinajstić information content (AvgIpc) is 2.84. The van der Waals surface area contributed by atoms with Gasteiger partial charge in [-0.3, -0.25) is 4.79 Å². The summed E-state index contributed by atoms with van der Waals surface area (Å²) in [6.07, 6.45) is 1.59. The number of para-hydroxylation sites is 1. The molecule has 18 heavy (non-hydrogen) atoms. The third-order valence-corrected chi connectivity index (χ3v) is 2.87. The third kappa shape index (κ3) is 2.73. The summed E-state index contributed by atoms with van der Waals surface area (Å²) in [7, 11) is 0. The van der Waals surface area contributed by atoms with Crippen LogP contribution in [0.2, 0.25) is 0 Å². The number of benzene rings is 1. The van der Waals surface area contributed by atoms with Crippen molar-refractivity contribution in [1.29, 1.82) is 0 Å². The Kier molecular flexibility index (Phi) is 4.04. The molecule has 0 fully saturated rings. The van der Waals surface area contributed by atoms with Crippen LogP contribution in [0.5, 0.6) is 11.5 Å². The van der Waals surface area contributed by atoms with Gasteiger partial charge in [-0.25, -0.2) is 0 Å². The van der Waals surface area contributed by atoms with E-state index in [0.717, 1.165) is 17.7 Å². The van der Waals surface area contributed by atoms with Gasteiger partial charge in [0.25, 0.3) is 0 Å². The van der Waals surface area contributed by atoms with Crippen molar-refractivity contribution in [2.45, 2.75) is 32.4 Å². The molecular formula is C13H18N2O3. The Morgan fingerprint density at radius 2 is 2.33 bits per heavy atom. The standard InChI is InChI=1S/C13H18N2O3/c1-2-4-10(14)13(16)15-7-9-5-3-6-11-12(9)18-8-17-11/h3,5-6,10H,2,4,7-8,14H2,1H3,(H,15,16)/t10-/m1/s1. The topological polar surface area (TPSA) is 73.6 Å².